The number of phenols is 1. The van der Waals surface area contributed by atoms with E-state index in [9.17, 15) is 14.7 Å². The maximum absolute atomic E-state index is 12.3. The average molecular weight is 333 g/mol. The molecule has 0 aliphatic heterocycles. The number of fused-ring (bicyclic) bond motifs is 1. The molecule has 0 saturated heterocycles. The molecular formula is C21H19NO3. The number of pyridine rings is 1. The van der Waals surface area contributed by atoms with Crippen LogP contribution in [0.5, 0.6) is 5.75 Å². The Hall–Kier alpha value is -3.14. The van der Waals surface area contributed by atoms with Gasteiger partial charge in [0.1, 0.15) is 5.75 Å². The number of ketones is 1. The van der Waals surface area contributed by atoms with E-state index in [0.29, 0.717) is 29.3 Å². The summed E-state index contributed by atoms with van der Waals surface area (Å²) in [6.45, 7) is 5.29. The van der Waals surface area contributed by atoms with Gasteiger partial charge in [0.2, 0.25) is 0 Å². The van der Waals surface area contributed by atoms with E-state index in [1.165, 1.54) is 13.0 Å². The van der Waals surface area contributed by atoms with Gasteiger partial charge in [0.15, 0.2) is 11.2 Å². The molecule has 4 heteroatoms. The van der Waals surface area contributed by atoms with Crippen LogP contribution in [0.4, 0.5) is 0 Å². The van der Waals surface area contributed by atoms with Crippen LogP contribution in [0.15, 0.2) is 60.0 Å². The lowest BCUT2D eigenvalue weighted by atomic mass is 9.89. The number of hydrogen-bond acceptors (Lipinski definition) is 3. The number of H-pyrrole nitrogens is 1. The highest BCUT2D eigenvalue weighted by atomic mass is 16.3. The molecule has 0 radical (unpaired) electrons. The monoisotopic (exact) mass is 333 g/mol. The highest BCUT2D eigenvalue weighted by molar-refractivity contribution is 6.01. The van der Waals surface area contributed by atoms with Crippen LogP contribution in [0, 0.1) is 0 Å². The molecule has 0 saturated carbocycles. The van der Waals surface area contributed by atoms with E-state index >= 15 is 0 Å². The van der Waals surface area contributed by atoms with Crippen LogP contribution in [-0.4, -0.2) is 15.9 Å². The van der Waals surface area contributed by atoms with Crippen molar-refractivity contribution in [1.29, 1.82) is 0 Å². The third kappa shape index (κ3) is 3.11. The van der Waals surface area contributed by atoms with Gasteiger partial charge in [-0.3, -0.25) is 9.59 Å². The normalized spacial score (nSPS) is 10.8. The Bertz CT molecular complexity index is 1030. The first-order chi connectivity index (χ1) is 12.0. The van der Waals surface area contributed by atoms with E-state index in [1.54, 1.807) is 30.5 Å². The zero-order valence-corrected chi connectivity index (χ0v) is 14.0. The molecule has 0 aliphatic rings. The third-order valence-electron chi connectivity index (χ3n) is 4.36. The molecule has 0 amide bonds. The summed E-state index contributed by atoms with van der Waals surface area (Å²) in [5, 5.41) is 10.6. The lowest BCUT2D eigenvalue weighted by Crippen LogP contribution is -2.11. The third-order valence-corrected chi connectivity index (χ3v) is 4.36. The molecule has 0 spiro atoms. The van der Waals surface area contributed by atoms with Crippen molar-refractivity contribution < 1.29 is 9.90 Å². The summed E-state index contributed by atoms with van der Waals surface area (Å²) in [5.74, 6) is 0.0732. The van der Waals surface area contributed by atoms with E-state index < -0.39 is 0 Å². The highest BCUT2D eigenvalue weighted by Crippen LogP contribution is 2.29. The van der Waals surface area contributed by atoms with Gasteiger partial charge in [-0.2, -0.15) is 0 Å². The van der Waals surface area contributed by atoms with Crippen molar-refractivity contribution in [3.8, 4) is 5.75 Å². The number of allylic oxidation sites excluding steroid dienone is 1. The number of aromatic nitrogens is 1. The number of nitrogens with one attached hydrogen (secondary N) is 1. The van der Waals surface area contributed by atoms with Crippen LogP contribution >= 0.6 is 0 Å². The smallest absolute Gasteiger partial charge is 0.189 e. The number of benzene rings is 2. The van der Waals surface area contributed by atoms with E-state index in [-0.39, 0.29) is 17.0 Å². The van der Waals surface area contributed by atoms with Crippen molar-refractivity contribution >= 4 is 16.7 Å². The topological polar surface area (TPSA) is 70.2 Å². The van der Waals surface area contributed by atoms with E-state index in [1.807, 2.05) is 12.1 Å². The molecule has 25 heavy (non-hydrogen) atoms. The number of rotatable bonds is 5. The Balaban J connectivity index is 2.35. The molecule has 3 rings (SSSR count). The first kappa shape index (κ1) is 16.7. The van der Waals surface area contributed by atoms with Gasteiger partial charge in [-0.1, -0.05) is 24.3 Å². The minimum absolute atomic E-state index is 0.110. The van der Waals surface area contributed by atoms with Crippen molar-refractivity contribution in [2.45, 2.75) is 19.8 Å². The van der Waals surface area contributed by atoms with Gasteiger partial charge in [-0.25, -0.2) is 0 Å². The van der Waals surface area contributed by atoms with Crippen LogP contribution < -0.4 is 5.43 Å². The van der Waals surface area contributed by atoms with Gasteiger partial charge in [0.25, 0.3) is 0 Å². The number of carbonyl (C=O) groups excluding carboxylic acids is 1. The fourth-order valence-corrected chi connectivity index (χ4v) is 3.17. The molecule has 0 aliphatic carbocycles. The van der Waals surface area contributed by atoms with Gasteiger partial charge < -0.3 is 10.1 Å². The SMILES string of the molecule is C=CCc1c(Cc2ccccc2O)c(C(C)=O)cc2c(=O)cc[nH]c12. The summed E-state index contributed by atoms with van der Waals surface area (Å²) in [7, 11) is 0. The zero-order valence-electron chi connectivity index (χ0n) is 14.0. The molecule has 1 heterocycles. The molecule has 0 atom stereocenters. The molecule has 0 unspecified atom stereocenters. The average Bonchev–Trinajstić information content (AvgIpc) is 2.58. The van der Waals surface area contributed by atoms with Gasteiger partial charge in [0.05, 0.1) is 5.52 Å². The van der Waals surface area contributed by atoms with Crippen molar-refractivity contribution in [1.82, 2.24) is 4.98 Å². The fraction of sp³-hybridized carbons (Fsp3) is 0.143. The van der Waals surface area contributed by atoms with Crippen molar-refractivity contribution in [3.05, 3.63) is 87.7 Å². The molecule has 0 bridgehead atoms. The summed E-state index contributed by atoms with van der Waals surface area (Å²) in [6.07, 6.45) is 4.27. The predicted octanol–water partition coefficient (Wildman–Crippen LogP) is 3.76. The van der Waals surface area contributed by atoms with Crippen LogP contribution in [0.1, 0.15) is 34.0 Å². The standard InChI is InChI=1S/C21H19NO3/c1-3-6-15-17(11-14-7-4-5-8-19(14)24)16(13(2)23)12-18-20(25)9-10-22-21(15)18/h3-5,7-10,12,24H,1,6,11H2,2H3,(H,22,25). The number of Topliss-reactive ketones (excluding diaryl/α,β-unsaturated/α-hetero) is 1. The molecule has 126 valence electrons. The second kappa shape index (κ2) is 6.77. The van der Waals surface area contributed by atoms with Gasteiger partial charge >= 0.3 is 0 Å². The summed E-state index contributed by atoms with van der Waals surface area (Å²) in [6, 6.07) is 10.2. The Kier molecular flexibility index (Phi) is 4.52. The Morgan fingerprint density at radius 1 is 1.24 bits per heavy atom. The van der Waals surface area contributed by atoms with E-state index in [0.717, 1.165) is 16.7 Å². The quantitative estimate of drug-likeness (QED) is 0.552. The van der Waals surface area contributed by atoms with Gasteiger partial charge in [0, 0.05) is 29.6 Å². The Morgan fingerprint density at radius 2 is 2.00 bits per heavy atom. The lowest BCUT2D eigenvalue weighted by Gasteiger charge is -2.16. The Morgan fingerprint density at radius 3 is 2.68 bits per heavy atom. The summed E-state index contributed by atoms with van der Waals surface area (Å²) in [4.78, 5) is 27.6. The molecule has 4 nitrogen and oxygen atoms in total. The van der Waals surface area contributed by atoms with Gasteiger partial charge in [-0.05, 0) is 42.2 Å². The van der Waals surface area contributed by atoms with Crippen LogP contribution in [-0.2, 0) is 12.8 Å². The number of carbonyl (C=O) groups is 1. The van der Waals surface area contributed by atoms with Crippen molar-refractivity contribution in [2.24, 2.45) is 0 Å². The highest BCUT2D eigenvalue weighted by Gasteiger charge is 2.18. The molecule has 1 aromatic heterocycles. The summed E-state index contributed by atoms with van der Waals surface area (Å²) in [5.41, 5.74) is 3.48. The number of para-hydroxylation sites is 1. The van der Waals surface area contributed by atoms with Crippen molar-refractivity contribution in [2.75, 3.05) is 0 Å². The second-order valence-corrected chi connectivity index (χ2v) is 6.00. The fourth-order valence-electron chi connectivity index (χ4n) is 3.17. The van der Waals surface area contributed by atoms with E-state index in [4.69, 9.17) is 0 Å². The largest absolute Gasteiger partial charge is 0.508 e. The summed E-state index contributed by atoms with van der Waals surface area (Å²) >= 11 is 0. The molecule has 0 fully saturated rings. The van der Waals surface area contributed by atoms with Gasteiger partial charge in [-0.15, -0.1) is 6.58 Å². The Labute approximate surface area is 145 Å². The second-order valence-electron chi connectivity index (χ2n) is 6.00. The van der Waals surface area contributed by atoms with E-state index in [2.05, 4.69) is 11.6 Å². The minimum atomic E-state index is -0.129. The summed E-state index contributed by atoms with van der Waals surface area (Å²) < 4.78 is 0. The minimum Gasteiger partial charge on any atom is -0.508 e. The number of aromatic hydroxyl groups is 1. The molecule has 2 N–H and O–H groups in total. The number of aromatic amines is 1. The zero-order chi connectivity index (χ0) is 18.0. The predicted molar refractivity (Wildman–Crippen MR) is 99.4 cm³/mol. The molecular weight excluding hydrogens is 314 g/mol. The van der Waals surface area contributed by atoms with Crippen LogP contribution in [0.2, 0.25) is 0 Å². The molecule has 2 aromatic carbocycles. The first-order valence-corrected chi connectivity index (χ1v) is 8.07. The number of phenolic OH excluding ortho intramolecular Hbond substituents is 1. The number of hydrogen-bond donors (Lipinski definition) is 2. The van der Waals surface area contributed by atoms with Crippen LogP contribution in [0.25, 0.3) is 10.9 Å². The molecule has 3 aromatic rings. The first-order valence-electron chi connectivity index (χ1n) is 8.07. The maximum atomic E-state index is 12.3. The van der Waals surface area contributed by atoms with Crippen LogP contribution in [0.3, 0.4) is 0 Å². The lowest BCUT2D eigenvalue weighted by molar-refractivity contribution is 0.101. The van der Waals surface area contributed by atoms with Crippen molar-refractivity contribution in [3.63, 3.8) is 0 Å². The maximum Gasteiger partial charge on any atom is 0.189 e.